The van der Waals surface area contributed by atoms with Gasteiger partial charge in [-0.05, 0) is 37.5 Å². The molecule has 0 atom stereocenters. The number of hydrogen-bond donors (Lipinski definition) is 2. The number of H-pyrrole nitrogens is 1. The topological polar surface area (TPSA) is 77.3 Å². The number of hydrogen-bond acceptors (Lipinski definition) is 4. The molecule has 0 unspecified atom stereocenters. The maximum atomic E-state index is 11.7. The van der Waals surface area contributed by atoms with E-state index < -0.39 is 0 Å². The summed E-state index contributed by atoms with van der Waals surface area (Å²) in [5, 5.41) is 0. The average Bonchev–Trinajstić information content (AvgIpc) is 2.52. The Morgan fingerprint density at radius 2 is 1.91 bits per heavy atom. The quantitative estimate of drug-likeness (QED) is 0.734. The minimum absolute atomic E-state index is 0.143. The zero-order chi connectivity index (χ0) is 15.8. The van der Waals surface area contributed by atoms with Gasteiger partial charge in [0.2, 0.25) is 5.43 Å². The van der Waals surface area contributed by atoms with Crippen LogP contribution in [0.5, 0.6) is 11.5 Å². The Balaban J connectivity index is 1.66. The van der Waals surface area contributed by atoms with Crippen LogP contribution in [0.15, 0.2) is 41.3 Å². The van der Waals surface area contributed by atoms with Crippen LogP contribution in [0.3, 0.4) is 0 Å². The van der Waals surface area contributed by atoms with Crippen molar-refractivity contribution in [3.05, 3.63) is 58.0 Å². The molecule has 0 fully saturated rings. The molecule has 0 amide bonds. The third-order valence-corrected chi connectivity index (χ3v) is 3.21. The lowest BCUT2D eigenvalue weighted by molar-refractivity contribution is 0.264. The molecule has 1 aromatic carbocycles. The number of rotatable bonds is 8. The van der Waals surface area contributed by atoms with Gasteiger partial charge in [0.1, 0.15) is 5.75 Å². The van der Waals surface area contributed by atoms with Crippen molar-refractivity contribution in [2.45, 2.75) is 26.3 Å². The number of aromatic amines is 1. The Bertz CT molecular complexity index is 652. The first-order valence-electron chi connectivity index (χ1n) is 7.43. The SMILES string of the molecule is Cc1cccc(OCCCCOc2c[nH]c(CN)cc2=O)c1. The minimum Gasteiger partial charge on any atom is -0.494 e. The number of nitrogens with two attached hydrogens (primary N) is 1. The normalized spacial score (nSPS) is 10.5. The Morgan fingerprint density at radius 1 is 1.14 bits per heavy atom. The van der Waals surface area contributed by atoms with E-state index in [1.807, 2.05) is 31.2 Å². The van der Waals surface area contributed by atoms with Gasteiger partial charge in [0, 0.05) is 24.5 Å². The summed E-state index contributed by atoms with van der Waals surface area (Å²) in [4.78, 5) is 14.6. The van der Waals surface area contributed by atoms with Crippen molar-refractivity contribution < 1.29 is 9.47 Å². The Kier molecular flexibility index (Phi) is 6.03. The van der Waals surface area contributed by atoms with E-state index in [9.17, 15) is 4.79 Å². The number of aromatic nitrogens is 1. The van der Waals surface area contributed by atoms with Crippen molar-refractivity contribution in [3.8, 4) is 11.5 Å². The van der Waals surface area contributed by atoms with Gasteiger partial charge < -0.3 is 20.2 Å². The smallest absolute Gasteiger partial charge is 0.223 e. The molecule has 22 heavy (non-hydrogen) atoms. The van der Waals surface area contributed by atoms with Crippen LogP contribution < -0.4 is 20.6 Å². The van der Waals surface area contributed by atoms with Gasteiger partial charge in [0.25, 0.3) is 0 Å². The molecule has 0 aliphatic heterocycles. The molecule has 0 aliphatic carbocycles. The van der Waals surface area contributed by atoms with Gasteiger partial charge in [0.05, 0.1) is 13.2 Å². The van der Waals surface area contributed by atoms with Crippen LogP contribution in [0.25, 0.3) is 0 Å². The van der Waals surface area contributed by atoms with Crippen LogP contribution >= 0.6 is 0 Å². The van der Waals surface area contributed by atoms with Crippen LogP contribution in [0, 0.1) is 6.92 Å². The second kappa shape index (κ2) is 8.24. The highest BCUT2D eigenvalue weighted by Crippen LogP contribution is 2.12. The summed E-state index contributed by atoms with van der Waals surface area (Å²) in [6.45, 7) is 3.47. The molecular formula is C17H22N2O3. The molecule has 5 heteroatoms. The first-order chi connectivity index (χ1) is 10.7. The van der Waals surface area contributed by atoms with Crippen molar-refractivity contribution in [1.29, 1.82) is 0 Å². The maximum absolute atomic E-state index is 11.7. The number of nitrogens with one attached hydrogen (secondary N) is 1. The van der Waals surface area contributed by atoms with Crippen LogP contribution in [0.1, 0.15) is 24.1 Å². The number of unbranched alkanes of at least 4 members (excludes halogenated alkanes) is 1. The van der Waals surface area contributed by atoms with Crippen molar-refractivity contribution in [2.24, 2.45) is 5.73 Å². The van der Waals surface area contributed by atoms with E-state index in [0.29, 0.717) is 31.2 Å². The fraction of sp³-hybridized carbons (Fsp3) is 0.353. The van der Waals surface area contributed by atoms with E-state index in [0.717, 1.165) is 18.6 Å². The Hall–Kier alpha value is -2.27. The molecule has 1 aromatic heterocycles. The number of benzene rings is 1. The van der Waals surface area contributed by atoms with Crippen molar-refractivity contribution >= 4 is 0 Å². The standard InChI is InChI=1S/C17H22N2O3/c1-13-5-4-6-15(9-13)21-7-2-3-8-22-17-12-19-14(11-18)10-16(17)20/h4-6,9-10,12H,2-3,7-8,11,18H2,1H3,(H,19,20). The van der Waals surface area contributed by atoms with Crippen LogP contribution in [0.4, 0.5) is 0 Å². The molecule has 0 spiro atoms. The van der Waals surface area contributed by atoms with Crippen LogP contribution in [0.2, 0.25) is 0 Å². The van der Waals surface area contributed by atoms with E-state index in [2.05, 4.69) is 4.98 Å². The van der Waals surface area contributed by atoms with Crippen LogP contribution in [-0.2, 0) is 6.54 Å². The largest absolute Gasteiger partial charge is 0.494 e. The van der Waals surface area contributed by atoms with Crippen molar-refractivity contribution in [3.63, 3.8) is 0 Å². The van der Waals surface area contributed by atoms with E-state index in [1.165, 1.54) is 11.6 Å². The first-order valence-corrected chi connectivity index (χ1v) is 7.43. The number of ether oxygens (including phenoxy) is 2. The van der Waals surface area contributed by atoms with Gasteiger partial charge in [-0.1, -0.05) is 12.1 Å². The Morgan fingerprint density at radius 3 is 2.59 bits per heavy atom. The summed E-state index contributed by atoms with van der Waals surface area (Å²) < 4.78 is 11.1. The molecule has 3 N–H and O–H groups in total. The zero-order valence-corrected chi connectivity index (χ0v) is 12.8. The van der Waals surface area contributed by atoms with Crippen LogP contribution in [-0.4, -0.2) is 18.2 Å². The lowest BCUT2D eigenvalue weighted by Gasteiger charge is -2.08. The molecule has 0 saturated carbocycles. The summed E-state index contributed by atoms with van der Waals surface area (Å²) in [6, 6.07) is 9.44. The lowest BCUT2D eigenvalue weighted by atomic mass is 10.2. The summed E-state index contributed by atoms with van der Waals surface area (Å²) in [6.07, 6.45) is 3.25. The highest BCUT2D eigenvalue weighted by atomic mass is 16.5. The average molecular weight is 302 g/mol. The predicted octanol–water partition coefficient (Wildman–Crippen LogP) is 2.38. The molecule has 0 bridgehead atoms. The third kappa shape index (κ3) is 4.93. The highest BCUT2D eigenvalue weighted by molar-refractivity contribution is 5.27. The van der Waals surface area contributed by atoms with Gasteiger partial charge >= 0.3 is 0 Å². The molecular weight excluding hydrogens is 280 g/mol. The second-order valence-corrected chi connectivity index (χ2v) is 5.11. The molecule has 2 rings (SSSR count). The van der Waals surface area contributed by atoms with E-state index in [4.69, 9.17) is 15.2 Å². The Labute approximate surface area is 130 Å². The molecule has 0 saturated heterocycles. The predicted molar refractivity (Wildman–Crippen MR) is 86.4 cm³/mol. The third-order valence-electron chi connectivity index (χ3n) is 3.21. The molecule has 118 valence electrons. The van der Waals surface area contributed by atoms with Crippen molar-refractivity contribution in [2.75, 3.05) is 13.2 Å². The van der Waals surface area contributed by atoms with Gasteiger partial charge in [-0.15, -0.1) is 0 Å². The summed E-state index contributed by atoms with van der Waals surface area (Å²) in [5.41, 5.74) is 7.19. The fourth-order valence-corrected chi connectivity index (χ4v) is 2.01. The molecule has 2 aromatic rings. The number of pyridine rings is 1. The van der Waals surface area contributed by atoms with E-state index in [-0.39, 0.29) is 5.43 Å². The van der Waals surface area contributed by atoms with Gasteiger partial charge in [-0.25, -0.2) is 0 Å². The molecule has 1 heterocycles. The zero-order valence-electron chi connectivity index (χ0n) is 12.8. The second-order valence-electron chi connectivity index (χ2n) is 5.11. The number of aryl methyl sites for hydroxylation is 1. The van der Waals surface area contributed by atoms with E-state index >= 15 is 0 Å². The monoisotopic (exact) mass is 302 g/mol. The summed E-state index contributed by atoms with van der Waals surface area (Å²) >= 11 is 0. The maximum Gasteiger partial charge on any atom is 0.223 e. The molecule has 5 nitrogen and oxygen atoms in total. The summed E-state index contributed by atoms with van der Waals surface area (Å²) in [5.74, 6) is 1.21. The fourth-order valence-electron chi connectivity index (χ4n) is 2.01. The first kappa shape index (κ1) is 16.1. The molecule has 0 radical (unpaired) electrons. The lowest BCUT2D eigenvalue weighted by Crippen LogP contribution is -2.12. The van der Waals surface area contributed by atoms with Gasteiger partial charge in [-0.3, -0.25) is 4.79 Å². The van der Waals surface area contributed by atoms with Gasteiger partial charge in [-0.2, -0.15) is 0 Å². The minimum atomic E-state index is -0.143. The molecule has 0 aliphatic rings. The highest BCUT2D eigenvalue weighted by Gasteiger charge is 2.01. The summed E-state index contributed by atoms with van der Waals surface area (Å²) in [7, 11) is 0. The van der Waals surface area contributed by atoms with Gasteiger partial charge in [0.15, 0.2) is 5.75 Å². The van der Waals surface area contributed by atoms with Crippen molar-refractivity contribution in [1.82, 2.24) is 4.98 Å². The van der Waals surface area contributed by atoms with E-state index in [1.54, 1.807) is 6.20 Å².